The number of benzene rings is 1. The maximum absolute atomic E-state index is 11.7. The summed E-state index contributed by atoms with van der Waals surface area (Å²) in [6.45, 7) is 2.45. The summed E-state index contributed by atoms with van der Waals surface area (Å²) in [5.41, 5.74) is 0. The summed E-state index contributed by atoms with van der Waals surface area (Å²) >= 11 is 0. The lowest BCUT2D eigenvalue weighted by molar-refractivity contribution is 0.199. The van der Waals surface area contributed by atoms with Crippen LogP contribution in [-0.4, -0.2) is 11.5 Å². The second-order valence-corrected chi connectivity index (χ2v) is 6.21. The molecule has 0 fully saturated rings. The standard InChI is InChI=1S/C15H25O4P.H3N/c1-2-3-4-5-6-7-11-14-18-20(16,17)19-15-12-9-8-10-13-15;/h8-10,12-13H,2-7,11,14H2,1H3,(H,16,17);1H3. The fourth-order valence-electron chi connectivity index (χ4n) is 1.88. The number of phosphoric ester groups is 1. The van der Waals surface area contributed by atoms with Crippen LogP contribution in [0.25, 0.3) is 0 Å². The van der Waals surface area contributed by atoms with Gasteiger partial charge in [-0.2, -0.15) is 0 Å². The van der Waals surface area contributed by atoms with Gasteiger partial charge in [-0.3, -0.25) is 9.42 Å². The maximum atomic E-state index is 11.7. The lowest BCUT2D eigenvalue weighted by Gasteiger charge is -2.12. The highest BCUT2D eigenvalue weighted by Gasteiger charge is 2.22. The predicted molar refractivity (Wildman–Crippen MR) is 85.9 cm³/mol. The summed E-state index contributed by atoms with van der Waals surface area (Å²) in [6.07, 6.45) is 7.99. The minimum absolute atomic E-state index is 0. The summed E-state index contributed by atoms with van der Waals surface area (Å²) in [4.78, 5) is 9.55. The lowest BCUT2D eigenvalue weighted by atomic mass is 10.1. The van der Waals surface area contributed by atoms with Gasteiger partial charge < -0.3 is 10.7 Å². The molecule has 122 valence electrons. The zero-order chi connectivity index (χ0) is 14.7. The van der Waals surface area contributed by atoms with E-state index in [0.29, 0.717) is 5.75 Å². The molecule has 5 nitrogen and oxygen atoms in total. The van der Waals surface area contributed by atoms with Gasteiger partial charge in [-0.1, -0.05) is 63.6 Å². The van der Waals surface area contributed by atoms with Crippen LogP contribution in [0.15, 0.2) is 30.3 Å². The van der Waals surface area contributed by atoms with E-state index in [2.05, 4.69) is 6.92 Å². The molecule has 0 aliphatic rings. The molecule has 1 atom stereocenters. The molecule has 0 aliphatic heterocycles. The van der Waals surface area contributed by atoms with E-state index in [1.165, 1.54) is 25.7 Å². The molecule has 1 aromatic rings. The Hall–Kier alpha value is -0.870. The van der Waals surface area contributed by atoms with Gasteiger partial charge >= 0.3 is 7.82 Å². The fourth-order valence-corrected chi connectivity index (χ4v) is 2.68. The van der Waals surface area contributed by atoms with Crippen LogP contribution in [-0.2, 0) is 9.09 Å². The highest BCUT2D eigenvalue weighted by atomic mass is 31.2. The van der Waals surface area contributed by atoms with Crippen LogP contribution in [0.4, 0.5) is 0 Å². The van der Waals surface area contributed by atoms with Gasteiger partial charge in [0.15, 0.2) is 0 Å². The molecule has 4 N–H and O–H groups in total. The average Bonchev–Trinajstić information content (AvgIpc) is 2.42. The van der Waals surface area contributed by atoms with E-state index in [4.69, 9.17) is 9.05 Å². The molecular formula is C15H28NO4P. The van der Waals surface area contributed by atoms with Crippen molar-refractivity contribution in [2.24, 2.45) is 0 Å². The largest absolute Gasteiger partial charge is 0.527 e. The SMILES string of the molecule is CCCCCCCCCOP(=O)(O)Oc1ccccc1.N. The number of rotatable bonds is 11. The molecule has 0 aliphatic carbocycles. The Morgan fingerprint density at radius 1 is 1.00 bits per heavy atom. The number of phosphoric acid groups is 1. The van der Waals surface area contributed by atoms with Crippen LogP contribution in [0.3, 0.4) is 0 Å². The third-order valence-corrected chi connectivity index (χ3v) is 3.92. The van der Waals surface area contributed by atoms with E-state index >= 15 is 0 Å². The Morgan fingerprint density at radius 2 is 1.57 bits per heavy atom. The van der Waals surface area contributed by atoms with Crippen LogP contribution in [0.1, 0.15) is 51.9 Å². The molecule has 6 heteroatoms. The minimum atomic E-state index is -3.98. The first-order valence-corrected chi connectivity index (χ1v) is 8.85. The zero-order valence-corrected chi connectivity index (χ0v) is 13.8. The Bertz CT molecular complexity index is 400. The number of hydrogen-bond donors (Lipinski definition) is 2. The van der Waals surface area contributed by atoms with Gasteiger partial charge in [-0.05, 0) is 18.6 Å². The van der Waals surface area contributed by atoms with Crippen molar-refractivity contribution in [2.75, 3.05) is 6.61 Å². The van der Waals surface area contributed by atoms with Crippen molar-refractivity contribution < 1.29 is 18.5 Å². The molecule has 21 heavy (non-hydrogen) atoms. The smallest absolute Gasteiger partial charge is 0.404 e. The molecule has 0 saturated heterocycles. The number of para-hydroxylation sites is 1. The first-order valence-electron chi connectivity index (χ1n) is 7.36. The van der Waals surface area contributed by atoms with Gasteiger partial charge in [0.25, 0.3) is 0 Å². The summed E-state index contributed by atoms with van der Waals surface area (Å²) in [6, 6.07) is 8.55. The van der Waals surface area contributed by atoms with E-state index in [0.717, 1.165) is 19.3 Å². The monoisotopic (exact) mass is 317 g/mol. The highest BCUT2D eigenvalue weighted by Crippen LogP contribution is 2.43. The minimum Gasteiger partial charge on any atom is -0.404 e. The average molecular weight is 317 g/mol. The van der Waals surface area contributed by atoms with Gasteiger partial charge in [0.2, 0.25) is 0 Å². The van der Waals surface area contributed by atoms with E-state index in [9.17, 15) is 9.46 Å². The first kappa shape index (κ1) is 20.1. The molecule has 0 saturated carbocycles. The third kappa shape index (κ3) is 10.5. The van der Waals surface area contributed by atoms with Gasteiger partial charge in [0, 0.05) is 0 Å². The molecule has 0 radical (unpaired) electrons. The second kappa shape index (κ2) is 11.8. The van der Waals surface area contributed by atoms with Crippen molar-refractivity contribution in [1.29, 1.82) is 0 Å². The van der Waals surface area contributed by atoms with Crippen LogP contribution in [0.5, 0.6) is 5.75 Å². The molecule has 0 aromatic heterocycles. The van der Waals surface area contributed by atoms with E-state index in [1.54, 1.807) is 24.3 Å². The van der Waals surface area contributed by atoms with Gasteiger partial charge in [-0.25, -0.2) is 4.57 Å². The number of unbranched alkanes of at least 4 members (excludes halogenated alkanes) is 6. The van der Waals surface area contributed by atoms with E-state index in [-0.39, 0.29) is 12.8 Å². The zero-order valence-electron chi connectivity index (χ0n) is 12.9. The Balaban J connectivity index is 0.00000400. The Labute approximate surface area is 127 Å². The van der Waals surface area contributed by atoms with Crippen molar-refractivity contribution >= 4 is 7.82 Å². The molecular weight excluding hydrogens is 289 g/mol. The van der Waals surface area contributed by atoms with Crippen molar-refractivity contribution in [2.45, 2.75) is 51.9 Å². The molecule has 1 rings (SSSR count). The van der Waals surface area contributed by atoms with Gasteiger partial charge in [0.1, 0.15) is 5.75 Å². The van der Waals surface area contributed by atoms with Crippen LogP contribution in [0, 0.1) is 0 Å². The fraction of sp³-hybridized carbons (Fsp3) is 0.600. The first-order chi connectivity index (χ1) is 9.64. The highest BCUT2D eigenvalue weighted by molar-refractivity contribution is 7.47. The molecule has 0 amide bonds. The quantitative estimate of drug-likeness (QED) is 0.438. The molecule has 1 aromatic carbocycles. The Kier molecular flexibility index (Phi) is 11.3. The summed E-state index contributed by atoms with van der Waals surface area (Å²) < 4.78 is 21.6. The predicted octanol–water partition coefficient (Wildman–Crippen LogP) is 5.10. The van der Waals surface area contributed by atoms with Gasteiger partial charge in [0.05, 0.1) is 6.61 Å². The van der Waals surface area contributed by atoms with Crippen molar-refractivity contribution in [3.05, 3.63) is 30.3 Å². The lowest BCUT2D eigenvalue weighted by Crippen LogP contribution is -1.99. The van der Waals surface area contributed by atoms with E-state index < -0.39 is 7.82 Å². The topological polar surface area (TPSA) is 90.8 Å². The molecule has 0 heterocycles. The third-order valence-electron chi connectivity index (χ3n) is 2.97. The molecule has 1 unspecified atom stereocenters. The van der Waals surface area contributed by atoms with Crippen LogP contribution >= 0.6 is 7.82 Å². The van der Waals surface area contributed by atoms with Crippen LogP contribution in [0.2, 0.25) is 0 Å². The molecule has 0 bridgehead atoms. The van der Waals surface area contributed by atoms with Gasteiger partial charge in [-0.15, -0.1) is 0 Å². The van der Waals surface area contributed by atoms with Crippen molar-refractivity contribution in [3.63, 3.8) is 0 Å². The number of hydrogen-bond acceptors (Lipinski definition) is 4. The summed E-state index contributed by atoms with van der Waals surface area (Å²) in [7, 11) is -3.98. The molecule has 0 spiro atoms. The Morgan fingerprint density at radius 3 is 2.19 bits per heavy atom. The normalized spacial score (nSPS) is 13.2. The van der Waals surface area contributed by atoms with Crippen molar-refractivity contribution in [1.82, 2.24) is 6.15 Å². The summed E-state index contributed by atoms with van der Waals surface area (Å²) in [5, 5.41) is 0. The summed E-state index contributed by atoms with van der Waals surface area (Å²) in [5.74, 6) is 0.345. The van der Waals surface area contributed by atoms with Crippen LogP contribution < -0.4 is 10.7 Å². The maximum Gasteiger partial charge on any atom is 0.527 e. The second-order valence-electron chi connectivity index (χ2n) is 4.83. The van der Waals surface area contributed by atoms with E-state index in [1.807, 2.05) is 6.07 Å². The van der Waals surface area contributed by atoms with Crippen molar-refractivity contribution in [3.8, 4) is 5.75 Å².